The number of halogens is 10. The van der Waals surface area contributed by atoms with Crippen LogP contribution in [0.15, 0.2) is 42.6 Å². The largest absolute Gasteiger partial charge is 0.436 e. The van der Waals surface area contributed by atoms with E-state index in [9.17, 15) is 43.9 Å². The zero-order valence-corrected chi connectivity index (χ0v) is 13.9. The number of alkyl halides is 10. The van der Waals surface area contributed by atoms with Gasteiger partial charge in [-0.3, -0.25) is 0 Å². The highest BCUT2D eigenvalue weighted by molar-refractivity contribution is 5.54. The summed E-state index contributed by atoms with van der Waals surface area (Å²) in [6.07, 6.45) is -13.3. The molecule has 0 saturated carbocycles. The first kappa shape index (κ1) is 22.7. The van der Waals surface area contributed by atoms with E-state index in [4.69, 9.17) is 0 Å². The molecule has 2 rings (SSSR count). The first-order chi connectivity index (χ1) is 13.3. The highest BCUT2D eigenvalue weighted by Gasteiger charge is 2.79. The third-order valence-electron chi connectivity index (χ3n) is 3.58. The maximum Gasteiger partial charge on any atom is 0.382 e. The summed E-state index contributed by atoms with van der Waals surface area (Å²) in [5.74, 6) is -21.1. The summed E-state index contributed by atoms with van der Waals surface area (Å²) in [7, 11) is 0. The summed E-state index contributed by atoms with van der Waals surface area (Å²) < 4.78 is 135. The zero-order valence-electron chi connectivity index (χ0n) is 13.9. The van der Waals surface area contributed by atoms with Crippen LogP contribution in [0.3, 0.4) is 0 Å². The standard InChI is InChI=1S/C16H10F10N2O/c17-10(11(18)19)14(21,22)16(25,26)15(23,24)13(20)29-9-6-7-27-12(28-9)8-4-2-1-3-5-8/h1-7,10-11,13H. The molecule has 0 aliphatic carbocycles. The number of ether oxygens (including phenoxy) is 1. The average Bonchev–Trinajstić information content (AvgIpc) is 2.67. The molecule has 1 aromatic carbocycles. The molecule has 2 unspecified atom stereocenters. The smallest absolute Gasteiger partial charge is 0.382 e. The lowest BCUT2D eigenvalue weighted by Crippen LogP contribution is -2.63. The van der Waals surface area contributed by atoms with Crippen molar-refractivity contribution in [1.29, 1.82) is 0 Å². The van der Waals surface area contributed by atoms with Gasteiger partial charge in [0.1, 0.15) is 0 Å². The van der Waals surface area contributed by atoms with E-state index in [1.54, 1.807) is 6.07 Å². The van der Waals surface area contributed by atoms with Crippen LogP contribution >= 0.6 is 0 Å². The van der Waals surface area contributed by atoms with Gasteiger partial charge in [-0.2, -0.15) is 35.7 Å². The fourth-order valence-electron chi connectivity index (χ4n) is 2.01. The normalized spacial score (nSPS) is 15.3. The molecule has 0 spiro atoms. The molecule has 0 amide bonds. The number of benzene rings is 1. The molecular formula is C16H10F10N2O. The maximum absolute atomic E-state index is 13.7. The topological polar surface area (TPSA) is 35.0 Å². The third kappa shape index (κ3) is 4.22. The Morgan fingerprint density at radius 3 is 1.93 bits per heavy atom. The van der Waals surface area contributed by atoms with Crippen LogP contribution in [-0.2, 0) is 0 Å². The fraction of sp³-hybridized carbons (Fsp3) is 0.375. The van der Waals surface area contributed by atoms with Gasteiger partial charge in [0, 0.05) is 17.8 Å². The molecule has 0 saturated heterocycles. The van der Waals surface area contributed by atoms with Gasteiger partial charge in [-0.05, 0) is 0 Å². The fourth-order valence-corrected chi connectivity index (χ4v) is 2.01. The minimum Gasteiger partial charge on any atom is -0.436 e. The number of hydrogen-bond acceptors (Lipinski definition) is 3. The van der Waals surface area contributed by atoms with E-state index in [-0.39, 0.29) is 11.4 Å². The Bertz CT molecular complexity index is 818. The van der Waals surface area contributed by atoms with Crippen LogP contribution in [0, 0.1) is 0 Å². The molecule has 2 atom stereocenters. The highest BCUT2D eigenvalue weighted by atomic mass is 19.4. The van der Waals surface area contributed by atoms with E-state index < -0.39 is 42.6 Å². The molecule has 2 aromatic rings. The molecule has 1 aromatic heterocycles. The lowest BCUT2D eigenvalue weighted by Gasteiger charge is -2.35. The quantitative estimate of drug-likeness (QED) is 0.525. The van der Waals surface area contributed by atoms with Crippen LogP contribution in [-0.4, -0.2) is 46.7 Å². The summed E-state index contributed by atoms with van der Waals surface area (Å²) in [6.45, 7) is 0. The minimum absolute atomic E-state index is 0.211. The van der Waals surface area contributed by atoms with Crippen molar-refractivity contribution in [2.45, 2.75) is 36.7 Å². The van der Waals surface area contributed by atoms with Gasteiger partial charge in [0.25, 0.3) is 6.43 Å². The van der Waals surface area contributed by atoms with Gasteiger partial charge in [0.05, 0.1) is 0 Å². The van der Waals surface area contributed by atoms with E-state index in [1.807, 2.05) is 0 Å². The van der Waals surface area contributed by atoms with Crippen molar-refractivity contribution in [1.82, 2.24) is 9.97 Å². The van der Waals surface area contributed by atoms with Gasteiger partial charge in [0.15, 0.2) is 5.82 Å². The van der Waals surface area contributed by atoms with Crippen molar-refractivity contribution in [3.63, 3.8) is 0 Å². The Morgan fingerprint density at radius 1 is 0.793 bits per heavy atom. The SMILES string of the molecule is FC(F)C(F)C(F)(F)C(F)(F)C(F)(F)C(F)Oc1ccnc(-c2ccccc2)n1. The number of hydrogen-bond donors (Lipinski definition) is 0. The van der Waals surface area contributed by atoms with Crippen molar-refractivity contribution < 1.29 is 48.6 Å². The minimum atomic E-state index is -6.86. The number of nitrogens with zero attached hydrogens (tertiary/aromatic N) is 2. The van der Waals surface area contributed by atoms with E-state index >= 15 is 0 Å². The Labute approximate surface area is 156 Å². The lowest BCUT2D eigenvalue weighted by atomic mass is 10.0. The van der Waals surface area contributed by atoms with Crippen LogP contribution in [0.2, 0.25) is 0 Å². The molecule has 1 heterocycles. The van der Waals surface area contributed by atoms with E-state index in [1.165, 1.54) is 24.3 Å². The van der Waals surface area contributed by atoms with Crippen molar-refractivity contribution in [3.8, 4) is 17.3 Å². The second-order valence-electron chi connectivity index (χ2n) is 5.57. The molecule has 0 fully saturated rings. The van der Waals surface area contributed by atoms with Gasteiger partial charge in [-0.15, -0.1) is 0 Å². The molecule has 13 heteroatoms. The van der Waals surface area contributed by atoms with Gasteiger partial charge in [-0.25, -0.2) is 18.2 Å². The van der Waals surface area contributed by atoms with E-state index in [2.05, 4.69) is 14.7 Å². The third-order valence-corrected chi connectivity index (χ3v) is 3.58. The predicted octanol–water partition coefficient (Wildman–Crippen LogP) is 5.33. The number of rotatable bonds is 8. The first-order valence-corrected chi connectivity index (χ1v) is 7.57. The highest BCUT2D eigenvalue weighted by Crippen LogP contribution is 2.51. The van der Waals surface area contributed by atoms with Crippen LogP contribution in [0.4, 0.5) is 43.9 Å². The van der Waals surface area contributed by atoms with Crippen LogP contribution in [0.5, 0.6) is 5.88 Å². The summed E-state index contributed by atoms with van der Waals surface area (Å²) in [6, 6.07) is 8.20. The monoisotopic (exact) mass is 436 g/mol. The molecule has 29 heavy (non-hydrogen) atoms. The van der Waals surface area contributed by atoms with Crippen molar-refractivity contribution in [3.05, 3.63) is 42.6 Å². The molecule has 0 N–H and O–H groups in total. The molecule has 0 radical (unpaired) electrons. The summed E-state index contributed by atoms with van der Waals surface area (Å²) in [4.78, 5) is 7.18. The second kappa shape index (κ2) is 8.03. The first-order valence-electron chi connectivity index (χ1n) is 7.57. The van der Waals surface area contributed by atoms with Gasteiger partial charge in [-0.1, -0.05) is 30.3 Å². The zero-order chi connectivity index (χ0) is 22.0. The van der Waals surface area contributed by atoms with Gasteiger partial charge < -0.3 is 4.74 Å². The number of aromatic nitrogens is 2. The molecule has 160 valence electrons. The second-order valence-corrected chi connectivity index (χ2v) is 5.57. The summed E-state index contributed by atoms with van der Waals surface area (Å²) in [5, 5.41) is 0. The van der Waals surface area contributed by atoms with Crippen LogP contribution in [0.1, 0.15) is 0 Å². The Kier molecular flexibility index (Phi) is 6.28. The van der Waals surface area contributed by atoms with Crippen molar-refractivity contribution >= 4 is 0 Å². The summed E-state index contributed by atoms with van der Waals surface area (Å²) in [5.41, 5.74) is 0.286. The molecular weight excluding hydrogens is 426 g/mol. The van der Waals surface area contributed by atoms with Crippen LogP contribution in [0.25, 0.3) is 11.4 Å². The van der Waals surface area contributed by atoms with Crippen molar-refractivity contribution in [2.24, 2.45) is 0 Å². The molecule has 0 aliphatic rings. The van der Waals surface area contributed by atoms with Gasteiger partial charge in [0.2, 0.25) is 12.1 Å². The predicted molar refractivity (Wildman–Crippen MR) is 78.7 cm³/mol. The van der Waals surface area contributed by atoms with Crippen LogP contribution < -0.4 is 4.74 Å². The van der Waals surface area contributed by atoms with Crippen molar-refractivity contribution in [2.75, 3.05) is 0 Å². The average molecular weight is 436 g/mol. The van der Waals surface area contributed by atoms with E-state index in [0.717, 1.165) is 6.20 Å². The Hall–Kier alpha value is -2.60. The Morgan fingerprint density at radius 2 is 1.38 bits per heavy atom. The van der Waals surface area contributed by atoms with E-state index in [0.29, 0.717) is 6.07 Å². The van der Waals surface area contributed by atoms with Gasteiger partial charge >= 0.3 is 24.1 Å². The Balaban J connectivity index is 2.28. The summed E-state index contributed by atoms with van der Waals surface area (Å²) >= 11 is 0. The lowest BCUT2D eigenvalue weighted by molar-refractivity contribution is -0.361. The molecule has 0 aliphatic heterocycles. The molecule has 3 nitrogen and oxygen atoms in total. The maximum atomic E-state index is 13.7. The molecule has 0 bridgehead atoms.